The van der Waals surface area contributed by atoms with Crippen molar-refractivity contribution in [2.24, 2.45) is 7.05 Å². The molecule has 0 aliphatic carbocycles. The van der Waals surface area contributed by atoms with Crippen LogP contribution in [0.15, 0.2) is 54.9 Å². The molecule has 1 aromatic carbocycles. The molecule has 21 heavy (non-hydrogen) atoms. The summed E-state index contributed by atoms with van der Waals surface area (Å²) in [4.78, 5) is 4.28. The maximum absolute atomic E-state index is 5.95. The van der Waals surface area contributed by atoms with Gasteiger partial charge >= 0.3 is 0 Å². The molecule has 106 valence electrons. The van der Waals surface area contributed by atoms with Crippen LogP contribution < -0.4 is 4.74 Å². The van der Waals surface area contributed by atoms with Crippen molar-refractivity contribution in [3.63, 3.8) is 0 Å². The van der Waals surface area contributed by atoms with Crippen LogP contribution in [0.3, 0.4) is 0 Å². The second-order valence-electron chi connectivity index (χ2n) is 4.95. The van der Waals surface area contributed by atoms with Gasteiger partial charge in [-0.15, -0.1) is 0 Å². The highest BCUT2D eigenvalue weighted by Crippen LogP contribution is 2.31. The summed E-state index contributed by atoms with van der Waals surface area (Å²) in [6.45, 7) is 2.52. The lowest BCUT2D eigenvalue weighted by molar-refractivity contribution is 0.302. The molecule has 0 fully saturated rings. The number of benzene rings is 1. The standard InChI is InChI=1S/C17H17N3O/c1-13-6-7-17(21-12-14-5-3-4-9-18-14)15(11-13)16-8-10-19-20(16)2/h3-11H,12H2,1-2H3. The predicted molar refractivity (Wildman–Crippen MR) is 82.0 cm³/mol. The Morgan fingerprint density at radius 3 is 2.71 bits per heavy atom. The highest BCUT2D eigenvalue weighted by Gasteiger charge is 2.10. The molecule has 4 nitrogen and oxygen atoms in total. The van der Waals surface area contributed by atoms with E-state index in [4.69, 9.17) is 4.74 Å². The van der Waals surface area contributed by atoms with Crippen molar-refractivity contribution < 1.29 is 4.74 Å². The van der Waals surface area contributed by atoms with Gasteiger partial charge in [-0.2, -0.15) is 5.10 Å². The summed E-state index contributed by atoms with van der Waals surface area (Å²) in [6, 6.07) is 14.0. The van der Waals surface area contributed by atoms with Crippen molar-refractivity contribution in [2.75, 3.05) is 0 Å². The molecule has 0 N–H and O–H groups in total. The first kappa shape index (κ1) is 13.4. The first-order valence-corrected chi connectivity index (χ1v) is 6.86. The summed E-state index contributed by atoms with van der Waals surface area (Å²) < 4.78 is 7.80. The number of ether oxygens (including phenoxy) is 1. The fraction of sp³-hybridized carbons (Fsp3) is 0.176. The monoisotopic (exact) mass is 279 g/mol. The lowest BCUT2D eigenvalue weighted by Gasteiger charge is -2.12. The van der Waals surface area contributed by atoms with Crippen LogP contribution in [0.1, 0.15) is 11.3 Å². The average Bonchev–Trinajstić information content (AvgIpc) is 2.93. The minimum atomic E-state index is 0.453. The Labute approximate surface area is 124 Å². The highest BCUT2D eigenvalue weighted by atomic mass is 16.5. The average molecular weight is 279 g/mol. The van der Waals surface area contributed by atoms with E-state index in [1.807, 2.05) is 48.1 Å². The van der Waals surface area contributed by atoms with E-state index in [1.165, 1.54) is 5.56 Å². The van der Waals surface area contributed by atoms with Gasteiger partial charge in [0.2, 0.25) is 0 Å². The van der Waals surface area contributed by atoms with E-state index in [-0.39, 0.29) is 0 Å². The molecule has 2 aromatic heterocycles. The highest BCUT2D eigenvalue weighted by molar-refractivity contribution is 5.68. The Kier molecular flexibility index (Phi) is 3.69. The molecule has 0 bridgehead atoms. The van der Waals surface area contributed by atoms with Gasteiger partial charge in [-0.3, -0.25) is 9.67 Å². The second-order valence-corrected chi connectivity index (χ2v) is 4.95. The van der Waals surface area contributed by atoms with Gasteiger partial charge in [-0.25, -0.2) is 0 Å². The molecular weight excluding hydrogens is 262 g/mol. The molecule has 4 heteroatoms. The van der Waals surface area contributed by atoms with Gasteiger partial charge in [-0.05, 0) is 37.3 Å². The maximum Gasteiger partial charge on any atom is 0.130 e. The Hall–Kier alpha value is -2.62. The number of hydrogen-bond donors (Lipinski definition) is 0. The minimum absolute atomic E-state index is 0.453. The number of hydrogen-bond acceptors (Lipinski definition) is 3. The molecular formula is C17H17N3O. The fourth-order valence-corrected chi connectivity index (χ4v) is 2.24. The second kappa shape index (κ2) is 5.79. The summed E-state index contributed by atoms with van der Waals surface area (Å²) in [5, 5.41) is 4.23. The van der Waals surface area contributed by atoms with E-state index in [1.54, 1.807) is 12.4 Å². The Morgan fingerprint density at radius 1 is 1.10 bits per heavy atom. The van der Waals surface area contributed by atoms with Crippen molar-refractivity contribution >= 4 is 0 Å². The largest absolute Gasteiger partial charge is 0.487 e. The Bertz CT molecular complexity index is 735. The van der Waals surface area contributed by atoms with Gasteiger partial charge in [-0.1, -0.05) is 17.7 Å². The van der Waals surface area contributed by atoms with Crippen molar-refractivity contribution in [3.05, 3.63) is 66.1 Å². The van der Waals surface area contributed by atoms with Crippen LogP contribution in [0, 0.1) is 6.92 Å². The number of aryl methyl sites for hydroxylation is 2. The van der Waals surface area contributed by atoms with Gasteiger partial charge < -0.3 is 4.74 Å². The van der Waals surface area contributed by atoms with Gasteiger partial charge in [0.1, 0.15) is 12.4 Å². The van der Waals surface area contributed by atoms with Gasteiger partial charge in [0.15, 0.2) is 0 Å². The number of pyridine rings is 1. The molecule has 0 aliphatic rings. The van der Waals surface area contributed by atoms with E-state index < -0.39 is 0 Å². The summed E-state index contributed by atoms with van der Waals surface area (Å²) >= 11 is 0. The molecule has 0 aliphatic heterocycles. The van der Waals surface area contributed by atoms with Crippen LogP contribution in [-0.4, -0.2) is 14.8 Å². The van der Waals surface area contributed by atoms with Crippen LogP contribution in [-0.2, 0) is 13.7 Å². The molecule has 2 heterocycles. The van der Waals surface area contributed by atoms with Gasteiger partial charge in [0, 0.05) is 25.0 Å². The number of aromatic nitrogens is 3. The van der Waals surface area contributed by atoms with Crippen molar-refractivity contribution in [3.8, 4) is 17.0 Å². The summed E-state index contributed by atoms with van der Waals surface area (Å²) in [6.07, 6.45) is 3.57. The van der Waals surface area contributed by atoms with E-state index >= 15 is 0 Å². The third-order valence-corrected chi connectivity index (χ3v) is 3.33. The van der Waals surface area contributed by atoms with Crippen LogP contribution in [0.5, 0.6) is 5.75 Å². The first-order chi connectivity index (χ1) is 10.2. The van der Waals surface area contributed by atoms with Gasteiger partial charge in [0.05, 0.1) is 11.4 Å². The van der Waals surface area contributed by atoms with E-state index in [9.17, 15) is 0 Å². The van der Waals surface area contributed by atoms with Crippen LogP contribution in [0.25, 0.3) is 11.3 Å². The van der Waals surface area contributed by atoms with Crippen LogP contribution in [0.2, 0.25) is 0 Å². The zero-order chi connectivity index (χ0) is 14.7. The third-order valence-electron chi connectivity index (χ3n) is 3.33. The molecule has 0 spiro atoms. The van der Waals surface area contributed by atoms with Crippen molar-refractivity contribution in [1.29, 1.82) is 0 Å². The van der Waals surface area contributed by atoms with Crippen LogP contribution >= 0.6 is 0 Å². The number of rotatable bonds is 4. The zero-order valence-corrected chi connectivity index (χ0v) is 12.2. The molecule has 0 atom stereocenters. The quantitative estimate of drug-likeness (QED) is 0.735. The lowest BCUT2D eigenvalue weighted by atomic mass is 10.1. The SMILES string of the molecule is Cc1ccc(OCc2ccccn2)c(-c2ccnn2C)c1. The molecule has 3 rings (SSSR count). The summed E-state index contributed by atoms with van der Waals surface area (Å²) in [7, 11) is 1.93. The van der Waals surface area contributed by atoms with Gasteiger partial charge in [0.25, 0.3) is 0 Å². The normalized spacial score (nSPS) is 10.6. The summed E-state index contributed by atoms with van der Waals surface area (Å²) in [5.41, 5.74) is 4.19. The van der Waals surface area contributed by atoms with E-state index in [2.05, 4.69) is 23.1 Å². The zero-order valence-electron chi connectivity index (χ0n) is 12.2. The molecule has 0 amide bonds. The van der Waals surface area contributed by atoms with Crippen molar-refractivity contribution in [1.82, 2.24) is 14.8 Å². The van der Waals surface area contributed by atoms with E-state index in [0.29, 0.717) is 6.61 Å². The third kappa shape index (κ3) is 2.94. The van der Waals surface area contributed by atoms with E-state index in [0.717, 1.165) is 22.7 Å². The Balaban J connectivity index is 1.90. The topological polar surface area (TPSA) is 39.9 Å². The Morgan fingerprint density at radius 2 is 2.00 bits per heavy atom. The minimum Gasteiger partial charge on any atom is -0.487 e. The lowest BCUT2D eigenvalue weighted by Crippen LogP contribution is -2.01. The molecule has 3 aromatic rings. The molecule has 0 unspecified atom stereocenters. The smallest absolute Gasteiger partial charge is 0.130 e. The molecule has 0 saturated carbocycles. The summed E-state index contributed by atoms with van der Waals surface area (Å²) in [5.74, 6) is 0.842. The molecule has 0 radical (unpaired) electrons. The fourth-order valence-electron chi connectivity index (χ4n) is 2.24. The predicted octanol–water partition coefficient (Wildman–Crippen LogP) is 3.37. The number of nitrogens with zero attached hydrogens (tertiary/aromatic N) is 3. The molecule has 0 saturated heterocycles. The van der Waals surface area contributed by atoms with Crippen molar-refractivity contribution in [2.45, 2.75) is 13.5 Å². The van der Waals surface area contributed by atoms with Crippen LogP contribution in [0.4, 0.5) is 0 Å². The first-order valence-electron chi connectivity index (χ1n) is 6.86. The maximum atomic E-state index is 5.95.